The molecule has 5 nitrogen and oxygen atoms in total. The lowest BCUT2D eigenvalue weighted by Crippen LogP contribution is -2.45. The highest BCUT2D eigenvalue weighted by molar-refractivity contribution is 5.87. The summed E-state index contributed by atoms with van der Waals surface area (Å²) in [6.07, 6.45) is 1.73. The van der Waals surface area contributed by atoms with Crippen LogP contribution in [0.1, 0.15) is 6.42 Å². The second kappa shape index (κ2) is 5.31. The Bertz CT molecular complexity index is 191. The largest absolute Gasteiger partial charge is 0.387 e. The van der Waals surface area contributed by atoms with E-state index in [0.29, 0.717) is 0 Å². The molecule has 0 aromatic carbocycles. The van der Waals surface area contributed by atoms with Crippen molar-refractivity contribution in [3.63, 3.8) is 0 Å². The van der Waals surface area contributed by atoms with Gasteiger partial charge in [-0.3, -0.25) is 9.59 Å². The van der Waals surface area contributed by atoms with Crippen LogP contribution in [0.5, 0.6) is 0 Å². The smallest absolute Gasteiger partial charge is 0.246 e. The van der Waals surface area contributed by atoms with Crippen LogP contribution in [0.4, 0.5) is 0 Å². The molecule has 5 heteroatoms. The first-order valence-electron chi connectivity index (χ1n) is 3.42. The van der Waals surface area contributed by atoms with Crippen molar-refractivity contribution in [2.75, 3.05) is 6.61 Å². The lowest BCUT2D eigenvalue weighted by molar-refractivity contribution is -0.129. The van der Waals surface area contributed by atoms with Gasteiger partial charge in [0.15, 0.2) is 0 Å². The topological polar surface area (TPSA) is 92.4 Å². The Morgan fingerprint density at radius 1 is 1.67 bits per heavy atom. The molecule has 0 aliphatic heterocycles. The molecule has 0 saturated carbocycles. The molecule has 0 bridgehead atoms. The predicted molar refractivity (Wildman–Crippen MR) is 43.0 cm³/mol. The van der Waals surface area contributed by atoms with Gasteiger partial charge in [0.1, 0.15) is 12.6 Å². The molecule has 1 atom stereocenters. The van der Waals surface area contributed by atoms with E-state index in [1.807, 2.05) is 0 Å². The van der Waals surface area contributed by atoms with Crippen LogP contribution in [-0.4, -0.2) is 29.6 Å². The highest BCUT2D eigenvalue weighted by Gasteiger charge is 2.14. The van der Waals surface area contributed by atoms with Gasteiger partial charge in [-0.25, -0.2) is 0 Å². The molecule has 0 spiro atoms. The molecule has 0 saturated heterocycles. The van der Waals surface area contributed by atoms with Crippen molar-refractivity contribution in [1.82, 2.24) is 5.32 Å². The van der Waals surface area contributed by atoms with E-state index in [1.165, 1.54) is 6.08 Å². The van der Waals surface area contributed by atoms with Gasteiger partial charge in [0.05, 0.1) is 0 Å². The maximum atomic E-state index is 10.6. The summed E-state index contributed by atoms with van der Waals surface area (Å²) in [5, 5.41) is 10.6. The van der Waals surface area contributed by atoms with Crippen LogP contribution < -0.4 is 11.1 Å². The van der Waals surface area contributed by atoms with Crippen molar-refractivity contribution >= 4 is 11.8 Å². The first-order chi connectivity index (χ1) is 5.61. The Morgan fingerprint density at radius 3 is 2.58 bits per heavy atom. The molecular weight excluding hydrogens is 160 g/mol. The van der Waals surface area contributed by atoms with Gasteiger partial charge in [-0.05, 0) is 6.42 Å². The first-order valence-corrected chi connectivity index (χ1v) is 3.42. The van der Waals surface area contributed by atoms with Crippen molar-refractivity contribution in [1.29, 1.82) is 0 Å². The predicted octanol–water partition coefficient (Wildman–Crippen LogP) is -1.48. The number of nitrogens with two attached hydrogens (primary N) is 1. The van der Waals surface area contributed by atoms with Crippen molar-refractivity contribution in [3.8, 4) is 0 Å². The monoisotopic (exact) mass is 172 g/mol. The van der Waals surface area contributed by atoms with Gasteiger partial charge in [0.2, 0.25) is 11.8 Å². The summed E-state index contributed by atoms with van der Waals surface area (Å²) in [6, 6.07) is -0.776. The molecule has 0 aromatic rings. The number of carbonyl (C=O) groups excluding carboxylic acids is 2. The van der Waals surface area contributed by atoms with Crippen molar-refractivity contribution in [3.05, 3.63) is 12.7 Å². The zero-order valence-corrected chi connectivity index (χ0v) is 6.62. The van der Waals surface area contributed by atoms with Gasteiger partial charge in [0, 0.05) is 0 Å². The third kappa shape index (κ3) is 3.72. The highest BCUT2D eigenvalue weighted by Crippen LogP contribution is 1.90. The minimum atomic E-state index is -0.776. The molecule has 0 unspecified atom stereocenters. The zero-order valence-electron chi connectivity index (χ0n) is 6.62. The van der Waals surface area contributed by atoms with E-state index >= 15 is 0 Å². The van der Waals surface area contributed by atoms with E-state index in [2.05, 4.69) is 11.9 Å². The zero-order chi connectivity index (χ0) is 9.56. The Hall–Kier alpha value is -1.36. The number of primary amides is 1. The van der Waals surface area contributed by atoms with Gasteiger partial charge in [0.25, 0.3) is 0 Å². The number of aliphatic hydroxyl groups is 1. The summed E-state index contributed by atoms with van der Waals surface area (Å²) in [4.78, 5) is 21.2. The van der Waals surface area contributed by atoms with Crippen LogP contribution in [0.25, 0.3) is 0 Å². The van der Waals surface area contributed by atoms with Crippen LogP contribution in [0.15, 0.2) is 12.7 Å². The summed E-state index contributed by atoms with van der Waals surface area (Å²) in [5.74, 6) is -1.27. The highest BCUT2D eigenvalue weighted by atomic mass is 16.3. The normalized spacial score (nSPS) is 11.8. The van der Waals surface area contributed by atoms with Crippen LogP contribution in [0.2, 0.25) is 0 Å². The number of aliphatic hydroxyl groups excluding tert-OH is 1. The number of amides is 2. The third-order valence-electron chi connectivity index (χ3n) is 1.22. The average molecular weight is 172 g/mol. The molecule has 4 N–H and O–H groups in total. The molecule has 0 rings (SSSR count). The Balaban J connectivity index is 4.03. The molecule has 0 aliphatic rings. The van der Waals surface area contributed by atoms with E-state index in [4.69, 9.17) is 10.8 Å². The Labute approximate surface area is 70.2 Å². The number of hydrogen-bond acceptors (Lipinski definition) is 3. The SMILES string of the molecule is C=CC[C@H](NC(=O)CO)C(N)=O. The van der Waals surface area contributed by atoms with Gasteiger partial charge >= 0.3 is 0 Å². The number of carbonyl (C=O) groups is 2. The number of hydrogen-bond donors (Lipinski definition) is 3. The van der Waals surface area contributed by atoms with Gasteiger partial charge in [-0.2, -0.15) is 0 Å². The molecule has 0 aliphatic carbocycles. The van der Waals surface area contributed by atoms with Crippen molar-refractivity contribution < 1.29 is 14.7 Å². The summed E-state index contributed by atoms with van der Waals surface area (Å²) in [5.41, 5.74) is 4.94. The summed E-state index contributed by atoms with van der Waals surface area (Å²) >= 11 is 0. The second-order valence-electron chi connectivity index (χ2n) is 2.20. The average Bonchev–Trinajstić information content (AvgIpc) is 2.03. The van der Waals surface area contributed by atoms with Gasteiger partial charge < -0.3 is 16.2 Å². The molecule has 0 fully saturated rings. The minimum absolute atomic E-state index is 0.265. The van der Waals surface area contributed by atoms with Crippen LogP contribution >= 0.6 is 0 Å². The first kappa shape index (κ1) is 10.6. The van der Waals surface area contributed by atoms with E-state index in [1.54, 1.807) is 0 Å². The van der Waals surface area contributed by atoms with Crippen LogP contribution in [-0.2, 0) is 9.59 Å². The second-order valence-corrected chi connectivity index (χ2v) is 2.20. The lowest BCUT2D eigenvalue weighted by atomic mass is 10.2. The Morgan fingerprint density at radius 2 is 2.25 bits per heavy atom. The maximum Gasteiger partial charge on any atom is 0.246 e. The summed E-state index contributed by atoms with van der Waals surface area (Å²) < 4.78 is 0. The maximum absolute atomic E-state index is 10.6. The fourth-order valence-corrected chi connectivity index (χ4v) is 0.653. The fourth-order valence-electron chi connectivity index (χ4n) is 0.653. The quantitative estimate of drug-likeness (QED) is 0.442. The van der Waals surface area contributed by atoms with E-state index in [9.17, 15) is 9.59 Å². The molecule has 0 heterocycles. The number of nitrogens with one attached hydrogen (secondary N) is 1. The van der Waals surface area contributed by atoms with Crippen LogP contribution in [0, 0.1) is 0 Å². The summed E-state index contributed by atoms with van der Waals surface area (Å²) in [6.45, 7) is 2.74. The Kier molecular flexibility index (Phi) is 4.71. The molecule has 12 heavy (non-hydrogen) atoms. The molecular formula is C7H12N2O3. The number of rotatable bonds is 5. The molecule has 0 radical (unpaired) electrons. The summed E-state index contributed by atoms with van der Waals surface area (Å²) in [7, 11) is 0. The third-order valence-corrected chi connectivity index (χ3v) is 1.22. The van der Waals surface area contributed by atoms with Gasteiger partial charge in [-0.15, -0.1) is 6.58 Å². The van der Waals surface area contributed by atoms with Gasteiger partial charge in [-0.1, -0.05) is 6.08 Å². The van der Waals surface area contributed by atoms with E-state index < -0.39 is 24.5 Å². The minimum Gasteiger partial charge on any atom is -0.387 e. The van der Waals surface area contributed by atoms with E-state index in [0.717, 1.165) is 0 Å². The molecule has 2 amide bonds. The van der Waals surface area contributed by atoms with Crippen molar-refractivity contribution in [2.45, 2.75) is 12.5 Å². The van der Waals surface area contributed by atoms with Crippen LogP contribution in [0.3, 0.4) is 0 Å². The van der Waals surface area contributed by atoms with Crippen molar-refractivity contribution in [2.24, 2.45) is 5.73 Å². The van der Waals surface area contributed by atoms with E-state index in [-0.39, 0.29) is 6.42 Å². The fraction of sp³-hybridized carbons (Fsp3) is 0.429. The molecule has 0 aromatic heterocycles. The lowest BCUT2D eigenvalue weighted by Gasteiger charge is -2.11. The standard InChI is InChI=1S/C7H12N2O3/c1-2-3-5(7(8)12)9-6(11)4-10/h2,5,10H,1,3-4H2,(H2,8,12)(H,9,11)/t5-/m0/s1. The molecule has 68 valence electrons.